The van der Waals surface area contributed by atoms with Crippen molar-refractivity contribution in [2.45, 2.75) is 6.04 Å². The smallest absolute Gasteiger partial charge is 0.246 e. The predicted molar refractivity (Wildman–Crippen MR) is 60.3 cm³/mol. The lowest BCUT2D eigenvalue weighted by molar-refractivity contribution is 0.237. The molecule has 1 atom stereocenters. The van der Waals surface area contributed by atoms with Gasteiger partial charge in [-0.1, -0.05) is 17.3 Å². The molecular weight excluding hydrogens is 222 g/mol. The van der Waals surface area contributed by atoms with E-state index in [-0.39, 0.29) is 12.5 Å². The topological polar surface area (TPSA) is 94.4 Å². The van der Waals surface area contributed by atoms with Crippen molar-refractivity contribution in [3.8, 4) is 17.1 Å². The molecule has 0 saturated heterocycles. The fourth-order valence-electron chi connectivity index (χ4n) is 1.34. The third-order valence-electron chi connectivity index (χ3n) is 2.28. The van der Waals surface area contributed by atoms with Crippen LogP contribution in [0.3, 0.4) is 0 Å². The van der Waals surface area contributed by atoms with Crippen LogP contribution in [0.25, 0.3) is 11.4 Å². The molecule has 0 aliphatic heterocycles. The second-order valence-electron chi connectivity index (χ2n) is 3.48. The quantitative estimate of drug-likeness (QED) is 0.811. The molecule has 3 N–H and O–H groups in total. The molecule has 0 amide bonds. The fourth-order valence-corrected chi connectivity index (χ4v) is 1.34. The minimum absolute atomic E-state index is 0.213. The maximum Gasteiger partial charge on any atom is 0.246 e. The second kappa shape index (κ2) is 4.94. The summed E-state index contributed by atoms with van der Waals surface area (Å²) >= 11 is 0. The van der Waals surface area contributed by atoms with Crippen molar-refractivity contribution in [3.63, 3.8) is 0 Å². The van der Waals surface area contributed by atoms with Crippen LogP contribution in [-0.4, -0.2) is 29.0 Å². The van der Waals surface area contributed by atoms with Crippen molar-refractivity contribution in [2.24, 2.45) is 5.73 Å². The highest BCUT2D eigenvalue weighted by Gasteiger charge is 2.14. The Bertz CT molecular complexity index is 498. The van der Waals surface area contributed by atoms with E-state index in [9.17, 15) is 0 Å². The number of ether oxygens (including phenoxy) is 1. The van der Waals surface area contributed by atoms with Crippen molar-refractivity contribution < 1.29 is 14.4 Å². The highest BCUT2D eigenvalue weighted by molar-refractivity contribution is 5.56. The molecule has 6 heteroatoms. The summed E-state index contributed by atoms with van der Waals surface area (Å²) < 4.78 is 10.1. The molecule has 0 radical (unpaired) electrons. The van der Waals surface area contributed by atoms with Gasteiger partial charge in [-0.05, 0) is 12.1 Å². The summed E-state index contributed by atoms with van der Waals surface area (Å²) in [6.45, 7) is -0.236. The molecule has 1 aromatic heterocycles. The molecular formula is C11H13N3O3. The molecule has 0 saturated carbocycles. The lowest BCUT2D eigenvalue weighted by Gasteiger charge is -2.00. The zero-order chi connectivity index (χ0) is 12.3. The van der Waals surface area contributed by atoms with Crippen LogP contribution in [0.1, 0.15) is 11.9 Å². The summed E-state index contributed by atoms with van der Waals surface area (Å²) in [5.74, 6) is 1.34. The van der Waals surface area contributed by atoms with E-state index in [1.807, 2.05) is 18.2 Å². The number of nitrogens with two attached hydrogens (primary N) is 1. The minimum Gasteiger partial charge on any atom is -0.497 e. The van der Waals surface area contributed by atoms with E-state index >= 15 is 0 Å². The number of aliphatic hydroxyl groups excluding tert-OH is 1. The average molecular weight is 235 g/mol. The van der Waals surface area contributed by atoms with Gasteiger partial charge in [0.05, 0.1) is 13.7 Å². The summed E-state index contributed by atoms with van der Waals surface area (Å²) in [4.78, 5) is 4.11. The Balaban J connectivity index is 2.30. The molecule has 6 nitrogen and oxygen atoms in total. The van der Waals surface area contributed by atoms with Gasteiger partial charge in [0, 0.05) is 5.56 Å². The van der Waals surface area contributed by atoms with Crippen molar-refractivity contribution in [1.82, 2.24) is 10.1 Å². The molecule has 2 rings (SSSR count). The molecule has 90 valence electrons. The van der Waals surface area contributed by atoms with E-state index < -0.39 is 6.04 Å². The van der Waals surface area contributed by atoms with Crippen LogP contribution in [0.4, 0.5) is 0 Å². The Labute approximate surface area is 98.0 Å². The zero-order valence-electron chi connectivity index (χ0n) is 9.33. The Hall–Kier alpha value is -1.92. The largest absolute Gasteiger partial charge is 0.497 e. The molecule has 2 aromatic rings. The van der Waals surface area contributed by atoms with Crippen LogP contribution in [-0.2, 0) is 0 Å². The monoisotopic (exact) mass is 235 g/mol. The van der Waals surface area contributed by atoms with Gasteiger partial charge >= 0.3 is 0 Å². The molecule has 17 heavy (non-hydrogen) atoms. The maximum atomic E-state index is 8.88. The maximum absolute atomic E-state index is 8.88. The van der Waals surface area contributed by atoms with Gasteiger partial charge in [-0.2, -0.15) is 4.98 Å². The SMILES string of the molecule is COc1cccc(-c2noc([C@H](N)CO)n2)c1. The Morgan fingerprint density at radius 1 is 1.53 bits per heavy atom. The van der Waals surface area contributed by atoms with E-state index in [1.54, 1.807) is 13.2 Å². The van der Waals surface area contributed by atoms with Crippen LogP contribution < -0.4 is 10.5 Å². The Kier molecular flexibility index (Phi) is 3.36. The van der Waals surface area contributed by atoms with Crippen LogP contribution in [0.2, 0.25) is 0 Å². The van der Waals surface area contributed by atoms with E-state index in [1.165, 1.54) is 0 Å². The molecule has 0 spiro atoms. The van der Waals surface area contributed by atoms with Crippen LogP contribution in [0, 0.1) is 0 Å². The van der Waals surface area contributed by atoms with E-state index in [4.69, 9.17) is 20.1 Å². The van der Waals surface area contributed by atoms with Gasteiger partial charge in [-0.3, -0.25) is 0 Å². The van der Waals surface area contributed by atoms with Gasteiger partial charge in [0.1, 0.15) is 11.8 Å². The van der Waals surface area contributed by atoms with E-state index in [2.05, 4.69) is 10.1 Å². The van der Waals surface area contributed by atoms with Crippen LogP contribution in [0.5, 0.6) is 5.75 Å². The molecule has 1 heterocycles. The summed E-state index contributed by atoms with van der Waals surface area (Å²) in [5, 5.41) is 12.7. The normalized spacial score (nSPS) is 12.4. The molecule has 1 aromatic carbocycles. The first-order valence-corrected chi connectivity index (χ1v) is 5.09. The van der Waals surface area contributed by atoms with E-state index in [0.29, 0.717) is 11.6 Å². The Morgan fingerprint density at radius 3 is 3.06 bits per heavy atom. The van der Waals surface area contributed by atoms with Crippen molar-refractivity contribution in [1.29, 1.82) is 0 Å². The van der Waals surface area contributed by atoms with Gasteiger partial charge in [0.15, 0.2) is 0 Å². The predicted octanol–water partition coefficient (Wildman–Crippen LogP) is 0.737. The third-order valence-corrected chi connectivity index (χ3v) is 2.28. The number of benzene rings is 1. The van der Waals surface area contributed by atoms with Gasteiger partial charge in [-0.25, -0.2) is 0 Å². The second-order valence-corrected chi connectivity index (χ2v) is 3.48. The summed E-state index contributed by atoms with van der Waals surface area (Å²) in [6, 6.07) is 6.63. The fraction of sp³-hybridized carbons (Fsp3) is 0.273. The summed E-state index contributed by atoms with van der Waals surface area (Å²) in [6.07, 6.45) is 0. The lowest BCUT2D eigenvalue weighted by Crippen LogP contribution is -2.14. The average Bonchev–Trinajstić information content (AvgIpc) is 2.87. The standard InChI is InChI=1S/C11H13N3O3/c1-16-8-4-2-3-7(5-8)10-13-11(17-14-10)9(12)6-15/h2-5,9,15H,6,12H2,1H3/t9-/m1/s1. The molecule has 0 fully saturated rings. The zero-order valence-corrected chi connectivity index (χ0v) is 9.33. The number of hydrogen-bond donors (Lipinski definition) is 2. The lowest BCUT2D eigenvalue weighted by atomic mass is 10.2. The van der Waals surface area contributed by atoms with Crippen molar-refractivity contribution in [3.05, 3.63) is 30.2 Å². The summed E-state index contributed by atoms with van der Waals surface area (Å²) in [5.41, 5.74) is 6.34. The summed E-state index contributed by atoms with van der Waals surface area (Å²) in [7, 11) is 1.59. The van der Waals surface area contributed by atoms with Crippen LogP contribution >= 0.6 is 0 Å². The number of hydrogen-bond acceptors (Lipinski definition) is 6. The molecule has 0 aliphatic rings. The van der Waals surface area contributed by atoms with Crippen molar-refractivity contribution >= 4 is 0 Å². The Morgan fingerprint density at radius 2 is 2.35 bits per heavy atom. The first-order valence-electron chi connectivity index (χ1n) is 5.09. The molecule has 0 aliphatic carbocycles. The third kappa shape index (κ3) is 2.43. The number of aromatic nitrogens is 2. The van der Waals surface area contributed by atoms with Crippen LogP contribution in [0.15, 0.2) is 28.8 Å². The van der Waals surface area contributed by atoms with Gasteiger partial charge in [-0.15, -0.1) is 0 Å². The number of nitrogens with zero attached hydrogens (tertiary/aromatic N) is 2. The van der Waals surface area contributed by atoms with E-state index in [0.717, 1.165) is 5.56 Å². The highest BCUT2D eigenvalue weighted by Crippen LogP contribution is 2.22. The number of aliphatic hydroxyl groups is 1. The van der Waals surface area contributed by atoms with Crippen molar-refractivity contribution in [2.75, 3.05) is 13.7 Å². The highest BCUT2D eigenvalue weighted by atomic mass is 16.5. The minimum atomic E-state index is -0.651. The number of rotatable bonds is 4. The van der Waals surface area contributed by atoms with Gasteiger partial charge in [0.2, 0.25) is 11.7 Å². The molecule has 0 bridgehead atoms. The van der Waals surface area contributed by atoms with Gasteiger partial charge < -0.3 is 20.1 Å². The first-order chi connectivity index (χ1) is 8.24. The molecule has 0 unspecified atom stereocenters. The number of methoxy groups -OCH3 is 1. The van der Waals surface area contributed by atoms with Gasteiger partial charge in [0.25, 0.3) is 0 Å². The first kappa shape index (κ1) is 11.6.